The number of methoxy groups -OCH3 is 1. The third-order valence-electron chi connectivity index (χ3n) is 5.34. The van der Waals surface area contributed by atoms with E-state index in [1.807, 2.05) is 36.5 Å². The fourth-order valence-corrected chi connectivity index (χ4v) is 3.71. The molecule has 0 bridgehead atoms. The monoisotopic (exact) mass is 376 g/mol. The Labute approximate surface area is 169 Å². The molecule has 140 valence electrons. The van der Waals surface area contributed by atoms with Crippen molar-refractivity contribution >= 4 is 27.5 Å². The van der Waals surface area contributed by atoms with Crippen LogP contribution in [0.25, 0.3) is 38.6 Å². The van der Waals surface area contributed by atoms with Crippen LogP contribution in [0.4, 0.5) is 0 Å². The Bertz CT molecular complexity index is 1330. The number of pyridine rings is 1. The minimum atomic E-state index is 0.857. The quantitative estimate of drug-likeness (QED) is 0.391. The predicted octanol–water partition coefficient (Wildman–Crippen LogP) is 6.45. The van der Waals surface area contributed by atoms with E-state index in [1.54, 1.807) is 7.11 Å². The number of hydrogen-bond acceptors (Lipinski definition) is 2. The molecule has 0 aliphatic rings. The molecule has 0 atom stereocenters. The van der Waals surface area contributed by atoms with Crippen LogP contribution in [-0.2, 0) is 0 Å². The molecule has 3 aromatic carbocycles. The van der Waals surface area contributed by atoms with Gasteiger partial charge in [-0.25, -0.2) is 4.98 Å². The third kappa shape index (κ3) is 3.07. The summed E-state index contributed by atoms with van der Waals surface area (Å²) in [6.45, 7) is 4.29. The van der Waals surface area contributed by atoms with Crippen molar-refractivity contribution in [3.63, 3.8) is 0 Å². The lowest BCUT2D eigenvalue weighted by Crippen LogP contribution is -1.88. The van der Waals surface area contributed by atoms with Crippen LogP contribution < -0.4 is 4.74 Å². The van der Waals surface area contributed by atoms with E-state index in [0.717, 1.165) is 55.5 Å². The van der Waals surface area contributed by atoms with E-state index in [9.17, 15) is 0 Å². The number of H-pyrrole nitrogens is 1. The maximum atomic E-state index is 5.27. The predicted molar refractivity (Wildman–Crippen MR) is 120 cm³/mol. The lowest BCUT2D eigenvalue weighted by molar-refractivity contribution is 0.415. The van der Waals surface area contributed by atoms with Crippen LogP contribution in [0.5, 0.6) is 5.75 Å². The van der Waals surface area contributed by atoms with Crippen molar-refractivity contribution in [1.82, 2.24) is 9.97 Å². The Morgan fingerprint density at radius 3 is 2.34 bits per heavy atom. The average Bonchev–Trinajstić information content (AvgIpc) is 3.16. The molecular weight excluding hydrogens is 356 g/mol. The van der Waals surface area contributed by atoms with E-state index in [1.165, 1.54) is 0 Å². The van der Waals surface area contributed by atoms with Gasteiger partial charge in [-0.2, -0.15) is 0 Å². The van der Waals surface area contributed by atoms with E-state index in [2.05, 4.69) is 65.1 Å². The Balaban J connectivity index is 1.62. The number of fused-ring (bicyclic) bond motifs is 3. The molecule has 5 aromatic rings. The molecule has 0 saturated carbocycles. The molecule has 3 heteroatoms. The van der Waals surface area contributed by atoms with Gasteiger partial charge in [-0.3, -0.25) is 0 Å². The Hall–Kier alpha value is -3.85. The van der Waals surface area contributed by atoms with Crippen LogP contribution in [0.2, 0.25) is 0 Å². The first-order chi connectivity index (χ1) is 14.2. The normalized spacial score (nSPS) is 11.1. The molecule has 5 rings (SSSR count). The second-order valence-electron chi connectivity index (χ2n) is 7.08. The number of ether oxygens (including phenoxy) is 1. The van der Waals surface area contributed by atoms with Gasteiger partial charge < -0.3 is 9.72 Å². The zero-order valence-corrected chi connectivity index (χ0v) is 16.1. The first-order valence-electron chi connectivity index (χ1n) is 9.53. The minimum absolute atomic E-state index is 0.857. The minimum Gasteiger partial charge on any atom is -0.497 e. The van der Waals surface area contributed by atoms with Gasteiger partial charge in [-0.05, 0) is 52.6 Å². The highest BCUT2D eigenvalue weighted by Gasteiger charge is 2.10. The molecule has 0 saturated heterocycles. The first-order valence-corrected chi connectivity index (χ1v) is 9.53. The van der Waals surface area contributed by atoms with E-state index >= 15 is 0 Å². The Morgan fingerprint density at radius 1 is 0.828 bits per heavy atom. The summed E-state index contributed by atoms with van der Waals surface area (Å²) >= 11 is 0. The van der Waals surface area contributed by atoms with E-state index in [0.29, 0.717) is 0 Å². The molecule has 0 amide bonds. The SMILES string of the molecule is C=C(c1ccccc1)c1cnc2[nH]c3ccc(-c4ccc(OC)cc4)cc3c2c1. The second kappa shape index (κ2) is 6.95. The molecule has 0 aliphatic carbocycles. The molecule has 2 aromatic heterocycles. The number of nitrogens with one attached hydrogen (secondary N) is 1. The standard InChI is InChI=1S/C26H20N2O/c1-17(18-6-4-3-5-7-18)21-15-24-23-14-20(19-8-11-22(29-2)12-9-19)10-13-25(23)28-26(24)27-16-21/h3-16H,1H2,2H3,(H,27,28). The summed E-state index contributed by atoms with van der Waals surface area (Å²) < 4.78 is 5.27. The van der Waals surface area contributed by atoms with Gasteiger partial charge in [0.2, 0.25) is 0 Å². The van der Waals surface area contributed by atoms with E-state index in [-0.39, 0.29) is 0 Å². The van der Waals surface area contributed by atoms with Crippen LogP contribution in [0.1, 0.15) is 11.1 Å². The summed E-state index contributed by atoms with van der Waals surface area (Å²) in [6, 6.07) is 27.0. The van der Waals surface area contributed by atoms with Crippen molar-refractivity contribution in [2.24, 2.45) is 0 Å². The van der Waals surface area contributed by atoms with Gasteiger partial charge in [0.1, 0.15) is 11.4 Å². The van der Waals surface area contributed by atoms with E-state index in [4.69, 9.17) is 4.74 Å². The zero-order chi connectivity index (χ0) is 19.8. The van der Waals surface area contributed by atoms with Gasteiger partial charge in [0.05, 0.1) is 7.11 Å². The summed E-state index contributed by atoms with van der Waals surface area (Å²) in [5.41, 5.74) is 7.38. The summed E-state index contributed by atoms with van der Waals surface area (Å²) in [5, 5.41) is 2.26. The van der Waals surface area contributed by atoms with Crippen LogP contribution in [0, 0.1) is 0 Å². The summed E-state index contributed by atoms with van der Waals surface area (Å²) in [7, 11) is 1.68. The molecular formula is C26H20N2O. The van der Waals surface area contributed by atoms with E-state index < -0.39 is 0 Å². The second-order valence-corrected chi connectivity index (χ2v) is 7.08. The molecule has 0 aliphatic heterocycles. The Morgan fingerprint density at radius 2 is 1.59 bits per heavy atom. The van der Waals surface area contributed by atoms with Gasteiger partial charge in [0.15, 0.2) is 0 Å². The number of hydrogen-bond donors (Lipinski definition) is 1. The number of aromatic nitrogens is 2. The summed E-state index contributed by atoms with van der Waals surface area (Å²) in [5.74, 6) is 0.857. The molecule has 0 fully saturated rings. The number of nitrogens with zero attached hydrogens (tertiary/aromatic N) is 1. The van der Waals surface area contributed by atoms with Crippen molar-refractivity contribution in [2.75, 3.05) is 7.11 Å². The highest BCUT2D eigenvalue weighted by Crippen LogP contribution is 2.32. The highest BCUT2D eigenvalue weighted by molar-refractivity contribution is 6.08. The highest BCUT2D eigenvalue weighted by atomic mass is 16.5. The van der Waals surface area contributed by atoms with Crippen molar-refractivity contribution < 1.29 is 4.74 Å². The number of aromatic amines is 1. The van der Waals surface area contributed by atoms with Crippen LogP contribution in [0.3, 0.4) is 0 Å². The smallest absolute Gasteiger partial charge is 0.138 e. The fraction of sp³-hybridized carbons (Fsp3) is 0.0385. The van der Waals surface area contributed by atoms with Crippen molar-refractivity contribution in [1.29, 1.82) is 0 Å². The first kappa shape index (κ1) is 17.3. The molecule has 0 spiro atoms. The van der Waals surface area contributed by atoms with Crippen molar-refractivity contribution in [3.05, 3.63) is 103 Å². The molecule has 2 heterocycles. The maximum Gasteiger partial charge on any atom is 0.138 e. The summed E-state index contributed by atoms with van der Waals surface area (Å²) in [6.07, 6.45) is 1.89. The van der Waals surface area contributed by atoms with Crippen molar-refractivity contribution in [2.45, 2.75) is 0 Å². The lowest BCUT2D eigenvalue weighted by atomic mass is 9.99. The van der Waals surface area contributed by atoms with Crippen LogP contribution in [-0.4, -0.2) is 17.1 Å². The zero-order valence-electron chi connectivity index (χ0n) is 16.1. The van der Waals surface area contributed by atoms with Gasteiger partial charge >= 0.3 is 0 Å². The molecule has 1 N–H and O–H groups in total. The van der Waals surface area contributed by atoms with Gasteiger partial charge in [0.25, 0.3) is 0 Å². The lowest BCUT2D eigenvalue weighted by Gasteiger charge is -2.06. The van der Waals surface area contributed by atoms with Crippen LogP contribution in [0.15, 0.2) is 91.6 Å². The van der Waals surface area contributed by atoms with Crippen molar-refractivity contribution in [3.8, 4) is 16.9 Å². The third-order valence-corrected chi connectivity index (χ3v) is 5.34. The molecule has 0 unspecified atom stereocenters. The largest absolute Gasteiger partial charge is 0.497 e. The van der Waals surface area contributed by atoms with Gasteiger partial charge in [-0.15, -0.1) is 0 Å². The van der Waals surface area contributed by atoms with Gasteiger partial charge in [-0.1, -0.05) is 55.1 Å². The molecule has 29 heavy (non-hydrogen) atoms. The fourth-order valence-electron chi connectivity index (χ4n) is 3.71. The summed E-state index contributed by atoms with van der Waals surface area (Å²) in [4.78, 5) is 8.08. The number of benzene rings is 3. The topological polar surface area (TPSA) is 37.9 Å². The van der Waals surface area contributed by atoms with Gasteiger partial charge in [0, 0.05) is 28.0 Å². The molecule has 3 nitrogen and oxygen atoms in total. The number of rotatable bonds is 4. The van der Waals surface area contributed by atoms with Crippen LogP contribution >= 0.6 is 0 Å². The Kier molecular flexibility index (Phi) is 4.14. The molecule has 0 radical (unpaired) electrons. The maximum absolute atomic E-state index is 5.27. The average molecular weight is 376 g/mol.